The van der Waals surface area contributed by atoms with Crippen LogP contribution in [-0.2, 0) is 14.2 Å². The molecule has 0 aliphatic carbocycles. The maximum atomic E-state index is 5.85. The van der Waals surface area contributed by atoms with E-state index >= 15 is 0 Å². The van der Waals surface area contributed by atoms with E-state index in [4.69, 9.17) is 14.2 Å². The number of nitrogens with zero attached hydrogens (tertiary/aromatic N) is 3. The van der Waals surface area contributed by atoms with Gasteiger partial charge in [0.2, 0.25) is 0 Å². The summed E-state index contributed by atoms with van der Waals surface area (Å²) in [5, 5.41) is 0. The molecule has 2 aliphatic heterocycles. The molecule has 1 aromatic rings. The lowest BCUT2D eigenvalue weighted by atomic mass is 10.2. The molecule has 2 aliphatic rings. The third kappa shape index (κ3) is 4.50. The van der Waals surface area contributed by atoms with Crippen molar-refractivity contribution in [1.29, 1.82) is 0 Å². The number of aromatic nitrogens is 2. The number of ether oxygens (including phenoxy) is 3. The quantitative estimate of drug-likeness (QED) is 0.551. The topological polar surface area (TPSA) is 56.7 Å². The van der Waals surface area contributed by atoms with Gasteiger partial charge in [-0.05, 0) is 48.8 Å². The van der Waals surface area contributed by atoms with Gasteiger partial charge in [0.15, 0.2) is 6.29 Å². The Kier molecular flexibility index (Phi) is 5.83. The maximum absolute atomic E-state index is 5.85. The first kappa shape index (κ1) is 16.4. The average molecular weight is 419 g/mol. The van der Waals surface area contributed by atoms with Crippen LogP contribution in [0, 0.1) is 10.6 Å². The first-order valence-corrected chi connectivity index (χ1v) is 8.89. The maximum Gasteiger partial charge on any atom is 0.157 e. The Balaban J connectivity index is 1.54. The lowest BCUT2D eigenvalue weighted by molar-refractivity contribution is -0.180. The first-order chi connectivity index (χ1) is 10.7. The third-order valence-corrected chi connectivity index (χ3v) is 4.41. The van der Waals surface area contributed by atoms with Crippen molar-refractivity contribution in [2.45, 2.75) is 38.6 Å². The van der Waals surface area contributed by atoms with Gasteiger partial charge in [-0.25, -0.2) is 9.97 Å². The predicted octanol–water partition coefficient (Wildman–Crippen LogP) is 2.14. The van der Waals surface area contributed by atoms with Gasteiger partial charge in [-0.15, -0.1) is 0 Å². The molecule has 0 N–H and O–H groups in total. The third-order valence-electron chi connectivity index (χ3n) is 3.86. The van der Waals surface area contributed by atoms with E-state index in [2.05, 4.69) is 37.5 Å². The van der Waals surface area contributed by atoms with E-state index in [9.17, 15) is 0 Å². The van der Waals surface area contributed by atoms with Gasteiger partial charge < -0.3 is 19.1 Å². The van der Waals surface area contributed by atoms with Crippen molar-refractivity contribution < 1.29 is 14.2 Å². The van der Waals surface area contributed by atoms with Gasteiger partial charge in [-0.1, -0.05) is 0 Å². The van der Waals surface area contributed by atoms with E-state index in [1.54, 1.807) is 0 Å². The number of rotatable bonds is 4. The molecule has 0 bridgehead atoms. The SMILES string of the molecule is Cc1nc(I)cc(N2CCO[C@@H](COC3CCCCO3)C2)n1. The summed E-state index contributed by atoms with van der Waals surface area (Å²) < 4.78 is 18.2. The molecule has 2 fully saturated rings. The van der Waals surface area contributed by atoms with Crippen LogP contribution in [-0.4, -0.2) is 55.3 Å². The van der Waals surface area contributed by atoms with E-state index in [0.717, 1.165) is 47.9 Å². The van der Waals surface area contributed by atoms with E-state index in [-0.39, 0.29) is 12.4 Å². The summed E-state index contributed by atoms with van der Waals surface area (Å²) in [6.07, 6.45) is 3.31. The minimum absolute atomic E-state index is 0.0602. The first-order valence-electron chi connectivity index (χ1n) is 7.81. The number of anilines is 1. The number of hydrogen-bond acceptors (Lipinski definition) is 6. The van der Waals surface area contributed by atoms with E-state index in [1.165, 1.54) is 6.42 Å². The molecule has 1 unspecified atom stereocenters. The van der Waals surface area contributed by atoms with Gasteiger partial charge in [-0.3, -0.25) is 0 Å². The van der Waals surface area contributed by atoms with E-state index in [1.807, 2.05) is 13.0 Å². The van der Waals surface area contributed by atoms with Crippen LogP contribution in [0.25, 0.3) is 0 Å². The molecule has 2 saturated heterocycles. The van der Waals surface area contributed by atoms with Crippen molar-refractivity contribution in [3.63, 3.8) is 0 Å². The molecule has 122 valence electrons. The Labute approximate surface area is 144 Å². The van der Waals surface area contributed by atoms with Crippen molar-refractivity contribution in [2.75, 3.05) is 37.8 Å². The second-order valence-corrected chi connectivity index (χ2v) is 6.77. The van der Waals surface area contributed by atoms with Gasteiger partial charge in [0, 0.05) is 25.8 Å². The minimum Gasteiger partial charge on any atom is -0.372 e. The fourth-order valence-electron chi connectivity index (χ4n) is 2.76. The molecule has 1 aromatic heterocycles. The number of halogens is 1. The zero-order chi connectivity index (χ0) is 15.4. The lowest BCUT2D eigenvalue weighted by Gasteiger charge is -2.34. The smallest absolute Gasteiger partial charge is 0.157 e. The normalized spacial score (nSPS) is 26.2. The van der Waals surface area contributed by atoms with Crippen molar-refractivity contribution in [3.05, 3.63) is 15.6 Å². The zero-order valence-corrected chi connectivity index (χ0v) is 15.0. The molecule has 0 spiro atoms. The number of aryl methyl sites for hydroxylation is 1. The van der Waals surface area contributed by atoms with Crippen molar-refractivity contribution in [2.24, 2.45) is 0 Å². The minimum atomic E-state index is -0.0602. The Morgan fingerprint density at radius 3 is 3.00 bits per heavy atom. The summed E-state index contributed by atoms with van der Waals surface area (Å²) in [4.78, 5) is 11.1. The van der Waals surface area contributed by atoms with Crippen LogP contribution < -0.4 is 4.90 Å². The highest BCUT2D eigenvalue weighted by Gasteiger charge is 2.24. The van der Waals surface area contributed by atoms with Crippen LogP contribution in [0.2, 0.25) is 0 Å². The molecule has 3 rings (SSSR count). The molecular weight excluding hydrogens is 397 g/mol. The summed E-state index contributed by atoms with van der Waals surface area (Å²) in [5.74, 6) is 1.77. The van der Waals surface area contributed by atoms with Gasteiger partial charge in [0.05, 0.1) is 19.3 Å². The lowest BCUT2D eigenvalue weighted by Crippen LogP contribution is -2.45. The second-order valence-electron chi connectivity index (χ2n) is 5.66. The summed E-state index contributed by atoms with van der Waals surface area (Å²) in [6.45, 7) is 5.64. The Bertz CT molecular complexity index is 477. The highest BCUT2D eigenvalue weighted by Crippen LogP contribution is 2.19. The van der Waals surface area contributed by atoms with E-state index in [0.29, 0.717) is 13.2 Å². The molecule has 0 radical (unpaired) electrons. The fraction of sp³-hybridized carbons (Fsp3) is 0.733. The zero-order valence-electron chi connectivity index (χ0n) is 12.8. The summed E-state index contributed by atoms with van der Waals surface area (Å²) in [7, 11) is 0. The highest BCUT2D eigenvalue weighted by molar-refractivity contribution is 14.1. The number of hydrogen-bond donors (Lipinski definition) is 0. The van der Waals surface area contributed by atoms with Crippen LogP contribution in [0.15, 0.2) is 6.07 Å². The Hall–Kier alpha value is -0.510. The summed E-state index contributed by atoms with van der Waals surface area (Å²) in [6, 6.07) is 2.01. The van der Waals surface area contributed by atoms with Gasteiger partial charge in [-0.2, -0.15) is 0 Å². The molecule has 3 heterocycles. The Morgan fingerprint density at radius 2 is 2.23 bits per heavy atom. The summed E-state index contributed by atoms with van der Waals surface area (Å²) in [5.41, 5.74) is 0. The molecule has 0 aromatic carbocycles. The molecular formula is C15H22IN3O3. The monoisotopic (exact) mass is 419 g/mol. The van der Waals surface area contributed by atoms with Crippen molar-refractivity contribution >= 4 is 28.4 Å². The van der Waals surface area contributed by atoms with E-state index < -0.39 is 0 Å². The molecule has 2 atom stereocenters. The highest BCUT2D eigenvalue weighted by atomic mass is 127. The van der Waals surface area contributed by atoms with Crippen LogP contribution >= 0.6 is 22.6 Å². The van der Waals surface area contributed by atoms with Crippen LogP contribution in [0.1, 0.15) is 25.1 Å². The van der Waals surface area contributed by atoms with Crippen LogP contribution in [0.3, 0.4) is 0 Å². The van der Waals surface area contributed by atoms with Crippen molar-refractivity contribution in [3.8, 4) is 0 Å². The van der Waals surface area contributed by atoms with Gasteiger partial charge in [0.25, 0.3) is 0 Å². The summed E-state index contributed by atoms with van der Waals surface area (Å²) >= 11 is 2.23. The van der Waals surface area contributed by atoms with Gasteiger partial charge >= 0.3 is 0 Å². The van der Waals surface area contributed by atoms with Gasteiger partial charge in [0.1, 0.15) is 15.3 Å². The standard InChI is InChI=1S/C15H22IN3O3/c1-11-17-13(16)8-14(18-11)19-5-7-20-12(9-19)10-22-15-4-2-3-6-21-15/h8,12,15H,2-7,9-10H2,1H3/t12-,15?/m1/s1. The second kappa shape index (κ2) is 7.85. The van der Waals surface area contributed by atoms with Crippen molar-refractivity contribution in [1.82, 2.24) is 9.97 Å². The Morgan fingerprint density at radius 1 is 1.32 bits per heavy atom. The molecule has 6 nitrogen and oxygen atoms in total. The molecule has 0 amide bonds. The molecule has 7 heteroatoms. The predicted molar refractivity (Wildman–Crippen MR) is 91.0 cm³/mol. The molecule has 0 saturated carbocycles. The fourth-order valence-corrected chi connectivity index (χ4v) is 3.39. The largest absolute Gasteiger partial charge is 0.372 e. The van der Waals surface area contributed by atoms with Crippen LogP contribution in [0.5, 0.6) is 0 Å². The number of morpholine rings is 1. The average Bonchev–Trinajstić information content (AvgIpc) is 2.53. The molecule has 22 heavy (non-hydrogen) atoms. The van der Waals surface area contributed by atoms with Crippen LogP contribution in [0.4, 0.5) is 5.82 Å².